The number of sulfonamides is 1. The quantitative estimate of drug-likeness (QED) is 0.471. The molecule has 1 aliphatic rings. The SMILES string of the molecule is O=c1c(C2=NS(=O)(=O)c3ccccc3N2)c(O)c2ccccc2n1N=Cc1ccccc1. The van der Waals surface area contributed by atoms with Gasteiger partial charge in [-0.15, -0.1) is 4.40 Å². The summed E-state index contributed by atoms with van der Waals surface area (Å²) in [6.07, 6.45) is 1.51. The van der Waals surface area contributed by atoms with E-state index >= 15 is 0 Å². The zero-order chi connectivity index (χ0) is 22.3. The first-order chi connectivity index (χ1) is 15.5. The first-order valence-electron chi connectivity index (χ1n) is 9.63. The van der Waals surface area contributed by atoms with Gasteiger partial charge in [0.05, 0.1) is 17.4 Å². The third-order valence-corrected chi connectivity index (χ3v) is 6.35. The smallest absolute Gasteiger partial charge is 0.286 e. The molecule has 0 unspecified atom stereocenters. The van der Waals surface area contributed by atoms with Crippen LogP contribution in [-0.4, -0.2) is 30.3 Å². The summed E-state index contributed by atoms with van der Waals surface area (Å²) in [6.45, 7) is 0. The molecule has 0 fully saturated rings. The van der Waals surface area contributed by atoms with Gasteiger partial charge < -0.3 is 10.4 Å². The summed E-state index contributed by atoms with van der Waals surface area (Å²) in [5.41, 5.74) is 0.401. The van der Waals surface area contributed by atoms with E-state index in [9.17, 15) is 18.3 Å². The highest BCUT2D eigenvalue weighted by molar-refractivity contribution is 7.90. The van der Waals surface area contributed by atoms with Crippen LogP contribution < -0.4 is 10.9 Å². The van der Waals surface area contributed by atoms with E-state index in [-0.39, 0.29) is 27.7 Å². The van der Waals surface area contributed by atoms with Gasteiger partial charge in [-0.25, -0.2) is 0 Å². The molecule has 3 aromatic carbocycles. The van der Waals surface area contributed by atoms with Crippen molar-refractivity contribution in [2.45, 2.75) is 4.90 Å². The monoisotopic (exact) mass is 444 g/mol. The van der Waals surface area contributed by atoms with E-state index < -0.39 is 15.6 Å². The van der Waals surface area contributed by atoms with Gasteiger partial charge in [-0.05, 0) is 29.8 Å². The molecule has 0 radical (unpaired) electrons. The Morgan fingerprint density at radius 1 is 0.938 bits per heavy atom. The average Bonchev–Trinajstić information content (AvgIpc) is 2.79. The van der Waals surface area contributed by atoms with Gasteiger partial charge in [0.15, 0.2) is 5.84 Å². The lowest BCUT2D eigenvalue weighted by Crippen LogP contribution is -2.31. The molecule has 0 aliphatic carbocycles. The van der Waals surface area contributed by atoms with Gasteiger partial charge in [-0.1, -0.05) is 54.6 Å². The van der Waals surface area contributed by atoms with Crippen LogP contribution in [0.4, 0.5) is 5.69 Å². The molecule has 8 nitrogen and oxygen atoms in total. The van der Waals surface area contributed by atoms with Crippen molar-refractivity contribution >= 4 is 38.7 Å². The number of rotatable bonds is 3. The normalized spacial score (nSPS) is 14.7. The summed E-state index contributed by atoms with van der Waals surface area (Å²) in [4.78, 5) is 13.4. The molecule has 0 saturated carbocycles. The Kier molecular flexibility index (Phi) is 4.60. The minimum absolute atomic E-state index is 0.00791. The lowest BCUT2D eigenvalue weighted by molar-refractivity contribution is 0.478. The van der Waals surface area contributed by atoms with Gasteiger partial charge in [0.25, 0.3) is 15.6 Å². The van der Waals surface area contributed by atoms with Crippen LogP contribution in [0.25, 0.3) is 10.9 Å². The Morgan fingerprint density at radius 3 is 2.44 bits per heavy atom. The molecule has 2 N–H and O–H groups in total. The molecule has 4 aromatic rings. The Bertz CT molecular complexity index is 1590. The van der Waals surface area contributed by atoms with E-state index in [0.717, 1.165) is 10.2 Å². The summed E-state index contributed by atoms with van der Waals surface area (Å²) in [5, 5.41) is 18.4. The summed E-state index contributed by atoms with van der Waals surface area (Å²) < 4.78 is 30.3. The number of hydrogen-bond acceptors (Lipinski definition) is 6. The van der Waals surface area contributed by atoms with Gasteiger partial charge in [0, 0.05) is 5.39 Å². The first kappa shape index (κ1) is 19.7. The maximum atomic E-state index is 13.4. The van der Waals surface area contributed by atoms with Crippen molar-refractivity contribution in [1.82, 2.24) is 4.68 Å². The third kappa shape index (κ3) is 3.25. The van der Waals surface area contributed by atoms with Crippen molar-refractivity contribution in [3.63, 3.8) is 0 Å². The van der Waals surface area contributed by atoms with Crippen molar-refractivity contribution in [3.05, 3.63) is 100 Å². The fourth-order valence-corrected chi connectivity index (χ4v) is 4.65. The zero-order valence-electron chi connectivity index (χ0n) is 16.5. The summed E-state index contributed by atoms with van der Waals surface area (Å²) in [6, 6.07) is 22.1. The largest absolute Gasteiger partial charge is 0.506 e. The minimum Gasteiger partial charge on any atom is -0.506 e. The molecule has 0 amide bonds. The molecule has 0 bridgehead atoms. The Hall–Kier alpha value is -4.24. The number of nitrogens with one attached hydrogen (secondary N) is 1. The number of aromatic nitrogens is 1. The maximum absolute atomic E-state index is 13.4. The minimum atomic E-state index is -4.07. The second-order valence-corrected chi connectivity index (χ2v) is 8.62. The molecular formula is C23H16N4O4S. The predicted octanol–water partition coefficient (Wildman–Crippen LogP) is 3.15. The van der Waals surface area contributed by atoms with Gasteiger partial charge in [-0.2, -0.15) is 18.2 Å². The van der Waals surface area contributed by atoms with Crippen LogP contribution in [0.15, 0.2) is 98.1 Å². The molecule has 0 atom stereocenters. The molecule has 158 valence electrons. The van der Waals surface area contributed by atoms with Crippen LogP contribution in [0, 0.1) is 0 Å². The summed E-state index contributed by atoms with van der Waals surface area (Å²) in [7, 11) is -4.07. The van der Waals surface area contributed by atoms with E-state index in [1.54, 1.807) is 42.5 Å². The number of anilines is 1. The molecule has 0 saturated heterocycles. The van der Waals surface area contributed by atoms with Crippen LogP contribution in [0.3, 0.4) is 0 Å². The van der Waals surface area contributed by atoms with Crippen molar-refractivity contribution in [2.75, 3.05) is 5.32 Å². The molecular weight excluding hydrogens is 428 g/mol. The predicted molar refractivity (Wildman–Crippen MR) is 123 cm³/mol. The molecule has 0 spiro atoms. The van der Waals surface area contributed by atoms with Gasteiger partial charge >= 0.3 is 0 Å². The summed E-state index contributed by atoms with van der Waals surface area (Å²) >= 11 is 0. The van der Waals surface area contributed by atoms with Gasteiger partial charge in [0.1, 0.15) is 16.2 Å². The Balaban J connectivity index is 1.76. The fraction of sp³-hybridized carbons (Fsp3) is 0. The number of nitrogens with zero attached hydrogens (tertiary/aromatic N) is 3. The van der Waals surface area contributed by atoms with Crippen molar-refractivity contribution in [2.24, 2.45) is 9.50 Å². The number of hydrogen-bond donors (Lipinski definition) is 2. The van der Waals surface area contributed by atoms with E-state index in [1.807, 2.05) is 30.3 Å². The number of aromatic hydroxyl groups is 1. The van der Waals surface area contributed by atoms with E-state index in [1.165, 1.54) is 12.3 Å². The van der Waals surface area contributed by atoms with E-state index in [0.29, 0.717) is 10.9 Å². The average molecular weight is 444 g/mol. The van der Waals surface area contributed by atoms with Crippen LogP contribution in [0.2, 0.25) is 0 Å². The number of para-hydroxylation sites is 2. The van der Waals surface area contributed by atoms with E-state index in [4.69, 9.17) is 0 Å². The van der Waals surface area contributed by atoms with Gasteiger partial charge in [0.2, 0.25) is 0 Å². The lowest BCUT2D eigenvalue weighted by atomic mass is 10.1. The molecule has 5 rings (SSSR count). The van der Waals surface area contributed by atoms with Crippen LogP contribution in [0.5, 0.6) is 5.75 Å². The third-order valence-electron chi connectivity index (χ3n) is 5.02. The highest BCUT2D eigenvalue weighted by atomic mass is 32.2. The molecule has 1 aliphatic heterocycles. The topological polar surface area (TPSA) is 113 Å². The molecule has 1 aromatic heterocycles. The van der Waals surface area contributed by atoms with Crippen LogP contribution >= 0.6 is 0 Å². The van der Waals surface area contributed by atoms with Crippen LogP contribution in [0.1, 0.15) is 11.1 Å². The molecule has 32 heavy (non-hydrogen) atoms. The maximum Gasteiger partial charge on any atom is 0.286 e. The van der Waals surface area contributed by atoms with Gasteiger partial charge in [-0.3, -0.25) is 4.79 Å². The second kappa shape index (κ2) is 7.47. The lowest BCUT2D eigenvalue weighted by Gasteiger charge is -2.19. The highest BCUT2D eigenvalue weighted by Crippen LogP contribution is 2.32. The molecule has 2 heterocycles. The van der Waals surface area contributed by atoms with Crippen molar-refractivity contribution in [3.8, 4) is 5.75 Å². The Labute approximate surface area is 182 Å². The number of fused-ring (bicyclic) bond motifs is 2. The van der Waals surface area contributed by atoms with Crippen LogP contribution in [-0.2, 0) is 10.0 Å². The second-order valence-electron chi connectivity index (χ2n) is 7.05. The number of amidine groups is 1. The highest BCUT2D eigenvalue weighted by Gasteiger charge is 2.29. The standard InChI is InChI=1S/C23H16N4O4S/c28-21-16-10-4-6-12-18(16)27(24-14-15-8-2-1-3-9-15)23(29)20(21)22-25-17-11-5-7-13-19(17)32(30,31)26-22/h1-14,28H,(H,25,26). The Morgan fingerprint density at radius 2 is 1.62 bits per heavy atom. The van der Waals surface area contributed by atoms with Crippen molar-refractivity contribution < 1.29 is 13.5 Å². The number of benzene rings is 3. The zero-order valence-corrected chi connectivity index (χ0v) is 17.3. The molecule has 9 heteroatoms. The summed E-state index contributed by atoms with van der Waals surface area (Å²) in [5.74, 6) is -0.641. The van der Waals surface area contributed by atoms with Crippen molar-refractivity contribution in [1.29, 1.82) is 0 Å². The van der Waals surface area contributed by atoms with E-state index in [2.05, 4.69) is 14.8 Å². The first-order valence-corrected chi connectivity index (χ1v) is 11.1. The fourth-order valence-electron chi connectivity index (χ4n) is 3.52. The number of pyridine rings is 1.